The van der Waals surface area contributed by atoms with Crippen LogP contribution in [0.5, 0.6) is 0 Å². The molecule has 2 aliphatic heterocycles. The van der Waals surface area contributed by atoms with Crippen LogP contribution in [0.25, 0.3) is 0 Å². The molecule has 3 heterocycles. The summed E-state index contributed by atoms with van der Waals surface area (Å²) in [7, 11) is 0. The molecule has 2 saturated heterocycles. The molecule has 3 N–H and O–H groups in total. The van der Waals surface area contributed by atoms with E-state index < -0.39 is 0 Å². The van der Waals surface area contributed by atoms with E-state index in [1.165, 1.54) is 18.7 Å². The first-order valence-electron chi connectivity index (χ1n) is 5.38. The largest absolute Gasteiger partial charge is 0.351 e. The number of anilines is 1. The fourth-order valence-corrected chi connectivity index (χ4v) is 3.00. The fourth-order valence-electron chi connectivity index (χ4n) is 3.00. The third-order valence-electron chi connectivity index (χ3n) is 3.53. The molecule has 1 aromatic heterocycles. The van der Waals surface area contributed by atoms with Crippen LogP contribution in [0.4, 0.5) is 5.82 Å². The summed E-state index contributed by atoms with van der Waals surface area (Å²) in [6.07, 6.45) is 6.67. The molecule has 3 rings (SSSR count). The SMILES string of the molecule is Cl.NC1CC2CCC(C1)N2c1ccn[nH]1. The highest BCUT2D eigenvalue weighted by atomic mass is 35.5. The number of nitrogens with two attached hydrogens (primary N) is 1. The Hall–Kier alpha value is -0.740. The lowest BCUT2D eigenvalue weighted by molar-refractivity contribution is 0.412. The van der Waals surface area contributed by atoms with Crippen molar-refractivity contribution in [2.45, 2.75) is 43.8 Å². The van der Waals surface area contributed by atoms with Gasteiger partial charge >= 0.3 is 0 Å². The van der Waals surface area contributed by atoms with Crippen LogP contribution in [-0.4, -0.2) is 28.3 Å². The van der Waals surface area contributed by atoms with E-state index in [1.54, 1.807) is 0 Å². The van der Waals surface area contributed by atoms with E-state index in [0.29, 0.717) is 18.1 Å². The molecule has 0 amide bonds. The standard InChI is InChI=1S/C10H16N4.ClH/c11-7-5-8-1-2-9(6-7)14(8)10-3-4-12-13-10;/h3-4,7-9H,1-2,5-6,11H2,(H,12,13);1H. The Morgan fingerprint density at radius 3 is 2.53 bits per heavy atom. The van der Waals surface area contributed by atoms with E-state index >= 15 is 0 Å². The number of halogens is 1. The third-order valence-corrected chi connectivity index (χ3v) is 3.53. The van der Waals surface area contributed by atoms with E-state index in [9.17, 15) is 0 Å². The van der Waals surface area contributed by atoms with Gasteiger partial charge in [-0.1, -0.05) is 0 Å². The van der Waals surface area contributed by atoms with Gasteiger partial charge in [0.25, 0.3) is 0 Å². The number of H-pyrrole nitrogens is 1. The summed E-state index contributed by atoms with van der Waals surface area (Å²) in [6.45, 7) is 0. The number of nitrogens with zero attached hydrogens (tertiary/aromatic N) is 2. The van der Waals surface area contributed by atoms with Gasteiger partial charge in [-0.25, -0.2) is 0 Å². The lowest BCUT2D eigenvalue weighted by atomic mass is 9.98. The molecule has 15 heavy (non-hydrogen) atoms. The molecule has 1 aromatic rings. The number of hydrogen-bond donors (Lipinski definition) is 2. The van der Waals surface area contributed by atoms with Crippen LogP contribution in [0.1, 0.15) is 25.7 Å². The summed E-state index contributed by atoms with van der Waals surface area (Å²) in [6, 6.07) is 3.75. The number of rotatable bonds is 1. The second kappa shape index (κ2) is 4.02. The van der Waals surface area contributed by atoms with Crippen molar-refractivity contribution in [3.05, 3.63) is 12.3 Å². The quantitative estimate of drug-likeness (QED) is 0.762. The van der Waals surface area contributed by atoms with Gasteiger partial charge in [0, 0.05) is 24.2 Å². The van der Waals surface area contributed by atoms with E-state index in [-0.39, 0.29) is 12.4 Å². The highest BCUT2D eigenvalue weighted by Crippen LogP contribution is 2.37. The van der Waals surface area contributed by atoms with Crippen LogP contribution in [0, 0.1) is 0 Å². The van der Waals surface area contributed by atoms with Gasteiger partial charge in [-0.3, -0.25) is 5.10 Å². The van der Waals surface area contributed by atoms with Gasteiger partial charge in [0.15, 0.2) is 0 Å². The van der Waals surface area contributed by atoms with Gasteiger partial charge in [0.1, 0.15) is 5.82 Å². The van der Waals surface area contributed by atoms with Crippen molar-refractivity contribution in [3.63, 3.8) is 0 Å². The second-order valence-electron chi connectivity index (χ2n) is 4.47. The van der Waals surface area contributed by atoms with Crippen molar-refractivity contribution in [2.75, 3.05) is 4.90 Å². The summed E-state index contributed by atoms with van der Waals surface area (Å²) in [4.78, 5) is 2.48. The molecule has 2 atom stereocenters. The van der Waals surface area contributed by atoms with Crippen molar-refractivity contribution < 1.29 is 0 Å². The third kappa shape index (κ3) is 1.72. The fraction of sp³-hybridized carbons (Fsp3) is 0.700. The highest BCUT2D eigenvalue weighted by Gasteiger charge is 2.39. The van der Waals surface area contributed by atoms with Gasteiger partial charge in [0.2, 0.25) is 0 Å². The lowest BCUT2D eigenvalue weighted by Crippen LogP contribution is -2.47. The van der Waals surface area contributed by atoms with E-state index in [0.717, 1.165) is 12.8 Å². The van der Waals surface area contributed by atoms with Gasteiger partial charge in [-0.15, -0.1) is 12.4 Å². The number of aromatic amines is 1. The Morgan fingerprint density at radius 2 is 2.00 bits per heavy atom. The summed E-state index contributed by atoms with van der Waals surface area (Å²) >= 11 is 0. The van der Waals surface area contributed by atoms with Gasteiger partial charge in [-0.2, -0.15) is 5.10 Å². The lowest BCUT2D eigenvalue weighted by Gasteiger charge is -2.38. The zero-order valence-electron chi connectivity index (χ0n) is 8.60. The predicted molar refractivity (Wildman–Crippen MR) is 62.3 cm³/mol. The molecule has 5 heteroatoms. The zero-order chi connectivity index (χ0) is 9.54. The molecule has 2 aliphatic rings. The average molecular weight is 229 g/mol. The van der Waals surface area contributed by atoms with Crippen molar-refractivity contribution >= 4 is 18.2 Å². The maximum Gasteiger partial charge on any atom is 0.124 e. The molecular weight excluding hydrogens is 212 g/mol. The second-order valence-corrected chi connectivity index (χ2v) is 4.47. The molecule has 2 bridgehead atoms. The summed E-state index contributed by atoms with van der Waals surface area (Å²) in [5.41, 5.74) is 6.02. The molecule has 0 aromatic carbocycles. The highest BCUT2D eigenvalue weighted by molar-refractivity contribution is 5.85. The molecule has 4 nitrogen and oxygen atoms in total. The maximum absolute atomic E-state index is 6.02. The van der Waals surface area contributed by atoms with Crippen molar-refractivity contribution in [1.82, 2.24) is 10.2 Å². The van der Waals surface area contributed by atoms with Crippen molar-refractivity contribution in [2.24, 2.45) is 5.73 Å². The Balaban J connectivity index is 0.000000853. The number of aromatic nitrogens is 2. The van der Waals surface area contributed by atoms with E-state index in [2.05, 4.69) is 21.2 Å². The van der Waals surface area contributed by atoms with Crippen LogP contribution in [0.15, 0.2) is 12.3 Å². The Kier molecular flexibility index (Phi) is 2.89. The Labute approximate surface area is 95.6 Å². The normalized spacial score (nSPS) is 33.9. The van der Waals surface area contributed by atoms with Crippen LogP contribution in [-0.2, 0) is 0 Å². The van der Waals surface area contributed by atoms with Gasteiger partial charge in [0.05, 0.1) is 6.20 Å². The van der Waals surface area contributed by atoms with Crippen LogP contribution < -0.4 is 10.6 Å². The Bertz CT molecular complexity index is 299. The minimum atomic E-state index is 0. The number of piperidine rings is 1. The van der Waals surface area contributed by atoms with Crippen LogP contribution >= 0.6 is 12.4 Å². The molecule has 2 unspecified atom stereocenters. The predicted octanol–water partition coefficient (Wildman–Crippen LogP) is 1.29. The van der Waals surface area contributed by atoms with Crippen molar-refractivity contribution in [1.29, 1.82) is 0 Å². The monoisotopic (exact) mass is 228 g/mol. The number of hydrogen-bond acceptors (Lipinski definition) is 3. The average Bonchev–Trinajstić information content (AvgIpc) is 2.72. The van der Waals surface area contributed by atoms with Crippen molar-refractivity contribution in [3.8, 4) is 0 Å². The molecule has 84 valence electrons. The first-order chi connectivity index (χ1) is 6.84. The van der Waals surface area contributed by atoms with Gasteiger partial charge in [-0.05, 0) is 25.7 Å². The molecule has 2 fully saturated rings. The number of nitrogens with one attached hydrogen (secondary N) is 1. The smallest absolute Gasteiger partial charge is 0.124 e. The van der Waals surface area contributed by atoms with Crippen LogP contribution in [0.2, 0.25) is 0 Å². The van der Waals surface area contributed by atoms with E-state index in [4.69, 9.17) is 5.73 Å². The number of fused-ring (bicyclic) bond motifs is 2. The zero-order valence-corrected chi connectivity index (χ0v) is 9.41. The molecule has 0 saturated carbocycles. The first-order valence-corrected chi connectivity index (χ1v) is 5.38. The molecule has 0 radical (unpaired) electrons. The minimum absolute atomic E-state index is 0. The van der Waals surface area contributed by atoms with E-state index in [1.807, 2.05) is 6.20 Å². The molecular formula is C10H17ClN4. The topological polar surface area (TPSA) is 57.9 Å². The molecule has 0 spiro atoms. The molecule has 0 aliphatic carbocycles. The minimum Gasteiger partial charge on any atom is -0.351 e. The Morgan fingerprint density at radius 1 is 1.33 bits per heavy atom. The summed E-state index contributed by atoms with van der Waals surface area (Å²) in [5.74, 6) is 1.17. The summed E-state index contributed by atoms with van der Waals surface area (Å²) in [5, 5.41) is 7.07. The first kappa shape index (κ1) is 10.8. The summed E-state index contributed by atoms with van der Waals surface area (Å²) < 4.78 is 0. The maximum atomic E-state index is 6.02. The van der Waals surface area contributed by atoms with Crippen LogP contribution in [0.3, 0.4) is 0 Å². The van der Waals surface area contributed by atoms with Gasteiger partial charge < -0.3 is 10.6 Å².